The Bertz CT molecular complexity index is 1240. The number of aromatic nitrogens is 4. The maximum atomic E-state index is 12.8. The number of alkyl halides is 3. The first-order valence-electron chi connectivity index (χ1n) is 10.2. The third-order valence-electron chi connectivity index (χ3n) is 5.21. The zero-order valence-corrected chi connectivity index (χ0v) is 17.7. The molecule has 7 nitrogen and oxygen atoms in total. The van der Waals surface area contributed by atoms with Crippen molar-refractivity contribution in [2.24, 2.45) is 0 Å². The van der Waals surface area contributed by atoms with E-state index in [1.165, 1.54) is 12.1 Å². The van der Waals surface area contributed by atoms with E-state index in [-0.39, 0.29) is 18.9 Å². The van der Waals surface area contributed by atoms with Crippen molar-refractivity contribution in [2.45, 2.75) is 25.1 Å². The number of ether oxygens (including phenoxy) is 1. The lowest BCUT2D eigenvalue weighted by Gasteiger charge is -2.13. The van der Waals surface area contributed by atoms with E-state index in [2.05, 4.69) is 20.6 Å². The first-order valence-corrected chi connectivity index (χ1v) is 10.2. The van der Waals surface area contributed by atoms with Crippen molar-refractivity contribution in [3.8, 4) is 16.9 Å². The number of H-pyrrole nitrogens is 1. The highest BCUT2D eigenvalue weighted by atomic mass is 19.4. The predicted molar refractivity (Wildman–Crippen MR) is 116 cm³/mol. The topological polar surface area (TPSA) is 101 Å². The molecule has 3 aromatic carbocycles. The molecule has 4 aromatic rings. The van der Waals surface area contributed by atoms with Crippen LogP contribution in [0.2, 0.25) is 0 Å². The van der Waals surface area contributed by atoms with Gasteiger partial charge in [-0.15, -0.1) is 10.2 Å². The number of nitrogens with one attached hydrogen (secondary N) is 1. The highest BCUT2D eigenvalue weighted by molar-refractivity contribution is 5.68. The van der Waals surface area contributed by atoms with Crippen LogP contribution in [-0.2, 0) is 17.6 Å². The molecule has 0 aliphatic heterocycles. The zero-order valence-electron chi connectivity index (χ0n) is 17.7. The zero-order chi connectivity index (χ0) is 24.1. The van der Waals surface area contributed by atoms with Gasteiger partial charge in [-0.1, -0.05) is 47.7 Å². The lowest BCUT2D eigenvalue weighted by Crippen LogP contribution is -2.09. The van der Waals surface area contributed by atoms with E-state index in [0.29, 0.717) is 16.9 Å². The Hall–Kier alpha value is -4.21. The van der Waals surface area contributed by atoms with E-state index in [9.17, 15) is 23.1 Å². The second-order valence-electron chi connectivity index (χ2n) is 7.55. The molecule has 0 spiro atoms. The number of tetrazole rings is 1. The standard InChI is InChI=1S/C24H19F3N4O3/c25-24(26,27)19-8-4-16(5-9-19)18-3-1-2-15(12-18)14-34-20-10-6-17(7-11-20)21(13-22(32)33)23-28-30-31-29-23/h1-12,21H,13-14H2,(H,32,33)(H,28,29,30,31). The molecule has 0 saturated heterocycles. The second kappa shape index (κ2) is 9.74. The van der Waals surface area contributed by atoms with Crippen LogP contribution in [0.4, 0.5) is 13.2 Å². The van der Waals surface area contributed by atoms with Gasteiger partial charge < -0.3 is 9.84 Å². The summed E-state index contributed by atoms with van der Waals surface area (Å²) in [5, 5.41) is 22.8. The van der Waals surface area contributed by atoms with E-state index < -0.39 is 23.6 Å². The molecular formula is C24H19F3N4O3. The van der Waals surface area contributed by atoms with Crippen molar-refractivity contribution in [1.29, 1.82) is 0 Å². The second-order valence-corrected chi connectivity index (χ2v) is 7.55. The van der Waals surface area contributed by atoms with Gasteiger partial charge in [-0.3, -0.25) is 4.79 Å². The Labute approximate surface area is 192 Å². The maximum absolute atomic E-state index is 12.8. The van der Waals surface area contributed by atoms with Gasteiger partial charge in [0.2, 0.25) is 0 Å². The van der Waals surface area contributed by atoms with Crippen LogP contribution in [0.15, 0.2) is 72.8 Å². The lowest BCUT2D eigenvalue weighted by atomic mass is 9.95. The van der Waals surface area contributed by atoms with Crippen molar-refractivity contribution < 1.29 is 27.8 Å². The fourth-order valence-corrected chi connectivity index (χ4v) is 3.51. The minimum absolute atomic E-state index is 0.184. The van der Waals surface area contributed by atoms with Crippen molar-refractivity contribution in [3.63, 3.8) is 0 Å². The summed E-state index contributed by atoms with van der Waals surface area (Å²) in [7, 11) is 0. The van der Waals surface area contributed by atoms with Gasteiger partial charge in [0.05, 0.1) is 17.9 Å². The van der Waals surface area contributed by atoms with Gasteiger partial charge in [0, 0.05) is 0 Å². The molecule has 2 N–H and O–H groups in total. The molecule has 1 atom stereocenters. The monoisotopic (exact) mass is 468 g/mol. The molecule has 0 radical (unpaired) electrons. The smallest absolute Gasteiger partial charge is 0.416 e. The Morgan fingerprint density at radius 3 is 2.35 bits per heavy atom. The van der Waals surface area contributed by atoms with E-state index in [1.54, 1.807) is 24.3 Å². The minimum atomic E-state index is -4.37. The number of carbonyl (C=O) groups is 1. The molecule has 34 heavy (non-hydrogen) atoms. The van der Waals surface area contributed by atoms with Gasteiger partial charge in [0.15, 0.2) is 5.82 Å². The number of rotatable bonds is 8. The molecule has 4 rings (SSSR count). The summed E-state index contributed by atoms with van der Waals surface area (Å²) in [6, 6.07) is 19.3. The minimum Gasteiger partial charge on any atom is -0.489 e. The largest absolute Gasteiger partial charge is 0.489 e. The summed E-state index contributed by atoms with van der Waals surface area (Å²) in [6.45, 7) is 0.247. The van der Waals surface area contributed by atoms with E-state index in [1.807, 2.05) is 24.3 Å². The molecule has 0 amide bonds. The summed E-state index contributed by atoms with van der Waals surface area (Å²) in [5.41, 5.74) is 2.31. The maximum Gasteiger partial charge on any atom is 0.416 e. The highest BCUT2D eigenvalue weighted by Crippen LogP contribution is 2.31. The summed E-state index contributed by atoms with van der Waals surface area (Å²) >= 11 is 0. The van der Waals surface area contributed by atoms with Crippen LogP contribution in [0.25, 0.3) is 11.1 Å². The number of aromatic amines is 1. The quantitative estimate of drug-likeness (QED) is 0.374. The summed E-state index contributed by atoms with van der Waals surface area (Å²) < 4.78 is 44.2. The van der Waals surface area contributed by atoms with Gasteiger partial charge in [0.1, 0.15) is 12.4 Å². The average Bonchev–Trinajstić information content (AvgIpc) is 3.36. The molecule has 0 saturated carbocycles. The molecule has 0 fully saturated rings. The molecule has 174 valence electrons. The molecule has 1 unspecified atom stereocenters. The third kappa shape index (κ3) is 5.58. The number of carboxylic acid groups (broad SMARTS) is 1. The van der Waals surface area contributed by atoms with Gasteiger partial charge in [-0.2, -0.15) is 18.4 Å². The summed E-state index contributed by atoms with van der Waals surface area (Å²) in [6.07, 6.45) is -4.56. The molecule has 1 heterocycles. The van der Waals surface area contributed by atoms with Gasteiger partial charge in [0.25, 0.3) is 0 Å². The fourth-order valence-electron chi connectivity index (χ4n) is 3.51. The first kappa shape index (κ1) is 23.0. The number of nitrogens with zero attached hydrogens (tertiary/aromatic N) is 3. The summed E-state index contributed by atoms with van der Waals surface area (Å²) in [5.74, 6) is -0.671. The molecule has 1 aromatic heterocycles. The van der Waals surface area contributed by atoms with Gasteiger partial charge in [-0.25, -0.2) is 0 Å². The van der Waals surface area contributed by atoms with E-state index in [4.69, 9.17) is 4.74 Å². The van der Waals surface area contributed by atoms with Crippen molar-refractivity contribution in [3.05, 3.63) is 95.3 Å². The Balaban J connectivity index is 1.43. The van der Waals surface area contributed by atoms with Crippen LogP contribution < -0.4 is 4.74 Å². The summed E-state index contributed by atoms with van der Waals surface area (Å²) in [4.78, 5) is 11.2. The number of aliphatic carboxylic acids is 1. The first-order chi connectivity index (χ1) is 16.3. The van der Waals surface area contributed by atoms with Crippen molar-refractivity contribution >= 4 is 5.97 Å². The Morgan fingerprint density at radius 2 is 1.74 bits per heavy atom. The Morgan fingerprint density at radius 1 is 1.00 bits per heavy atom. The van der Waals surface area contributed by atoms with Crippen LogP contribution in [0.1, 0.15) is 34.9 Å². The molecule has 0 aliphatic rings. The molecule has 0 aliphatic carbocycles. The van der Waals surface area contributed by atoms with Crippen LogP contribution in [-0.4, -0.2) is 31.7 Å². The SMILES string of the molecule is O=C(O)CC(c1ccc(OCc2cccc(-c3ccc(C(F)(F)F)cc3)c2)cc1)c1nn[nH]n1. The number of carboxylic acids is 1. The molecular weight excluding hydrogens is 449 g/mol. The van der Waals surface area contributed by atoms with Crippen molar-refractivity contribution in [2.75, 3.05) is 0 Å². The van der Waals surface area contributed by atoms with E-state index in [0.717, 1.165) is 23.3 Å². The molecule has 0 bridgehead atoms. The van der Waals surface area contributed by atoms with Crippen LogP contribution in [0, 0.1) is 0 Å². The third-order valence-corrected chi connectivity index (χ3v) is 5.21. The van der Waals surface area contributed by atoms with Crippen LogP contribution >= 0.6 is 0 Å². The normalized spacial score (nSPS) is 12.3. The number of hydrogen-bond acceptors (Lipinski definition) is 5. The number of benzene rings is 3. The number of hydrogen-bond donors (Lipinski definition) is 2. The average molecular weight is 468 g/mol. The number of halogens is 3. The molecule has 10 heteroatoms. The van der Waals surface area contributed by atoms with E-state index >= 15 is 0 Å². The fraction of sp³-hybridized carbons (Fsp3) is 0.167. The van der Waals surface area contributed by atoms with Crippen molar-refractivity contribution in [1.82, 2.24) is 20.6 Å². The highest BCUT2D eigenvalue weighted by Gasteiger charge is 2.30. The Kier molecular flexibility index (Phi) is 6.58. The van der Waals surface area contributed by atoms with Gasteiger partial charge in [-0.05, 0) is 52.6 Å². The predicted octanol–water partition coefficient (Wildman–Crippen LogP) is 5.07. The van der Waals surface area contributed by atoms with Gasteiger partial charge >= 0.3 is 12.1 Å². The van der Waals surface area contributed by atoms with Crippen LogP contribution in [0.3, 0.4) is 0 Å². The van der Waals surface area contributed by atoms with Crippen LogP contribution in [0.5, 0.6) is 5.75 Å². The lowest BCUT2D eigenvalue weighted by molar-refractivity contribution is -0.138.